The lowest BCUT2D eigenvalue weighted by atomic mass is 10.1. The number of hydrogen-bond donors (Lipinski definition) is 1. The van der Waals surface area contributed by atoms with Gasteiger partial charge in [-0.15, -0.1) is 0 Å². The third-order valence-electron chi connectivity index (χ3n) is 6.23. The molecule has 190 valence electrons. The minimum atomic E-state index is -0.659. The highest BCUT2D eigenvalue weighted by atomic mass is 16.4. The summed E-state index contributed by atoms with van der Waals surface area (Å²) in [4.78, 5) is 14.8. The lowest BCUT2D eigenvalue weighted by Crippen LogP contribution is -2.23. The van der Waals surface area contributed by atoms with Crippen molar-refractivity contribution in [3.63, 3.8) is 0 Å². The van der Waals surface area contributed by atoms with Crippen molar-refractivity contribution in [1.82, 2.24) is 9.80 Å². The Bertz CT molecular complexity index is 426. The molecule has 0 unspecified atom stereocenters. The lowest BCUT2D eigenvalue weighted by Gasteiger charge is -2.17. The number of carboxylic acid groups (broad SMARTS) is 1. The van der Waals surface area contributed by atoms with E-state index in [4.69, 9.17) is 5.11 Å². The highest BCUT2D eigenvalue weighted by molar-refractivity contribution is 5.66. The van der Waals surface area contributed by atoms with Gasteiger partial charge in [-0.1, -0.05) is 123 Å². The third-order valence-corrected chi connectivity index (χ3v) is 6.23. The molecule has 0 radical (unpaired) electrons. The van der Waals surface area contributed by atoms with E-state index in [1.165, 1.54) is 116 Å². The second-order valence-corrected chi connectivity index (χ2v) is 9.66. The summed E-state index contributed by atoms with van der Waals surface area (Å²) in [5.41, 5.74) is 0. The first-order valence-electron chi connectivity index (χ1n) is 13.9. The number of rotatable bonds is 21. The molecule has 0 aromatic heterocycles. The van der Waals surface area contributed by atoms with Gasteiger partial charge in [0.2, 0.25) is 0 Å². The smallest absolute Gasteiger partial charge is 0.303 e. The minimum absolute atomic E-state index is 0.343. The van der Waals surface area contributed by atoms with Crippen molar-refractivity contribution in [3.8, 4) is 0 Å². The van der Waals surface area contributed by atoms with Gasteiger partial charge < -0.3 is 14.9 Å². The summed E-state index contributed by atoms with van der Waals surface area (Å²) in [5.74, 6) is -0.659. The Kier molecular flexibility index (Phi) is 23.5. The molecule has 0 aliphatic carbocycles. The Morgan fingerprint density at radius 3 is 1.44 bits per heavy atom. The van der Waals surface area contributed by atoms with E-state index in [-0.39, 0.29) is 0 Å². The van der Waals surface area contributed by atoms with E-state index in [9.17, 15) is 4.79 Å². The summed E-state index contributed by atoms with van der Waals surface area (Å²) in [6, 6.07) is 0. The molecule has 32 heavy (non-hydrogen) atoms. The molecule has 0 aromatic rings. The topological polar surface area (TPSA) is 43.8 Å². The predicted molar refractivity (Wildman–Crippen MR) is 140 cm³/mol. The maximum atomic E-state index is 10.2. The van der Waals surface area contributed by atoms with Crippen molar-refractivity contribution in [2.75, 3.05) is 20.3 Å². The minimum Gasteiger partial charge on any atom is -0.481 e. The van der Waals surface area contributed by atoms with Crippen LogP contribution in [0.5, 0.6) is 0 Å². The fraction of sp³-hybridized carbons (Fsp3) is 0.893. The number of nitrogens with zero attached hydrogens (tertiary/aromatic N) is 2. The molecule has 4 heteroatoms. The summed E-state index contributed by atoms with van der Waals surface area (Å²) in [6.45, 7) is 6.83. The second kappa shape index (κ2) is 24.5. The maximum Gasteiger partial charge on any atom is 0.303 e. The van der Waals surface area contributed by atoms with Gasteiger partial charge in [0.25, 0.3) is 0 Å². The largest absolute Gasteiger partial charge is 0.481 e. The van der Waals surface area contributed by atoms with Crippen LogP contribution in [0.25, 0.3) is 0 Å². The van der Waals surface area contributed by atoms with E-state index < -0.39 is 5.97 Å². The standard InChI is InChI=1S/C16H32N2.C12H24O2/c1-3-4-5-6-7-8-9-10-11-12-13-18-15-14-17(2)16-18;1-2-3-4-5-6-7-8-9-10-11-12(13)14/h14-15H,3-13,16H2,1-2H3;2-11H2,1H3,(H,13,14). The number of carboxylic acids is 1. The summed E-state index contributed by atoms with van der Waals surface area (Å²) >= 11 is 0. The van der Waals surface area contributed by atoms with Crippen LogP contribution in [0, 0.1) is 0 Å². The molecule has 0 aromatic carbocycles. The third kappa shape index (κ3) is 23.5. The average molecular weight is 453 g/mol. The van der Waals surface area contributed by atoms with Crippen LogP contribution in [0.3, 0.4) is 0 Å². The fourth-order valence-electron chi connectivity index (χ4n) is 4.12. The SMILES string of the molecule is CCCCCCCCCCCC(=O)O.CCCCCCCCCCCCN1C=CN(C)C1. The molecule has 1 heterocycles. The summed E-state index contributed by atoms with van der Waals surface area (Å²) in [7, 11) is 2.13. The van der Waals surface area contributed by atoms with Crippen molar-refractivity contribution in [3.05, 3.63) is 12.4 Å². The van der Waals surface area contributed by atoms with Crippen LogP contribution in [0.2, 0.25) is 0 Å². The predicted octanol–water partition coefficient (Wildman–Crippen LogP) is 8.58. The monoisotopic (exact) mass is 452 g/mol. The fourth-order valence-corrected chi connectivity index (χ4v) is 4.12. The van der Waals surface area contributed by atoms with Crippen molar-refractivity contribution in [1.29, 1.82) is 0 Å². The zero-order chi connectivity index (χ0) is 23.7. The molecule has 0 spiro atoms. The van der Waals surface area contributed by atoms with E-state index in [1.807, 2.05) is 0 Å². The number of carbonyl (C=O) groups is 1. The van der Waals surface area contributed by atoms with Crippen LogP contribution in [0.1, 0.15) is 142 Å². The molecular weight excluding hydrogens is 396 g/mol. The molecule has 0 fully saturated rings. The quantitative estimate of drug-likeness (QED) is 0.177. The number of hydrogen-bond acceptors (Lipinski definition) is 3. The zero-order valence-electron chi connectivity index (χ0n) is 22.0. The van der Waals surface area contributed by atoms with Gasteiger partial charge in [-0.3, -0.25) is 4.79 Å². The molecular formula is C28H56N2O2. The molecule has 0 atom stereocenters. The summed E-state index contributed by atoms with van der Waals surface area (Å²) in [6.07, 6.45) is 30.1. The van der Waals surface area contributed by atoms with E-state index in [1.54, 1.807) is 0 Å². The van der Waals surface area contributed by atoms with Crippen LogP contribution in [0.4, 0.5) is 0 Å². The summed E-state index contributed by atoms with van der Waals surface area (Å²) in [5, 5.41) is 8.41. The normalized spacial score (nSPS) is 12.8. The first kappa shape index (κ1) is 30.8. The first-order valence-corrected chi connectivity index (χ1v) is 13.9. The van der Waals surface area contributed by atoms with Gasteiger partial charge in [-0.25, -0.2) is 0 Å². The van der Waals surface area contributed by atoms with E-state index in [0.29, 0.717) is 6.42 Å². The zero-order valence-corrected chi connectivity index (χ0v) is 22.0. The molecule has 1 aliphatic heterocycles. The van der Waals surface area contributed by atoms with Crippen LogP contribution >= 0.6 is 0 Å². The average Bonchev–Trinajstić information content (AvgIpc) is 3.19. The van der Waals surface area contributed by atoms with Crippen molar-refractivity contribution in [2.45, 2.75) is 142 Å². The Labute approximate surface area is 200 Å². The van der Waals surface area contributed by atoms with Gasteiger partial charge in [0.05, 0.1) is 6.67 Å². The molecule has 0 saturated carbocycles. The van der Waals surface area contributed by atoms with Gasteiger partial charge in [0, 0.05) is 32.4 Å². The van der Waals surface area contributed by atoms with E-state index >= 15 is 0 Å². The first-order chi connectivity index (χ1) is 15.6. The van der Waals surface area contributed by atoms with Crippen LogP contribution in [-0.2, 0) is 4.79 Å². The Morgan fingerprint density at radius 2 is 1.06 bits per heavy atom. The molecule has 1 aliphatic rings. The van der Waals surface area contributed by atoms with E-state index in [2.05, 4.69) is 43.1 Å². The van der Waals surface area contributed by atoms with Gasteiger partial charge >= 0.3 is 5.97 Å². The van der Waals surface area contributed by atoms with Gasteiger partial charge in [0.15, 0.2) is 0 Å². The summed E-state index contributed by atoms with van der Waals surface area (Å²) < 4.78 is 0. The van der Waals surface area contributed by atoms with Crippen LogP contribution in [0.15, 0.2) is 12.4 Å². The van der Waals surface area contributed by atoms with Gasteiger partial charge in [0.1, 0.15) is 0 Å². The number of aliphatic carboxylic acids is 1. The van der Waals surface area contributed by atoms with Gasteiger partial charge in [-0.05, 0) is 12.8 Å². The molecule has 0 saturated heterocycles. The molecule has 4 nitrogen and oxygen atoms in total. The highest BCUT2D eigenvalue weighted by Gasteiger charge is 2.06. The Morgan fingerprint density at radius 1 is 0.656 bits per heavy atom. The molecule has 1 rings (SSSR count). The van der Waals surface area contributed by atoms with Crippen LogP contribution in [-0.4, -0.2) is 41.1 Å². The Hall–Kier alpha value is -1.19. The van der Waals surface area contributed by atoms with Crippen molar-refractivity contribution >= 4 is 5.97 Å². The lowest BCUT2D eigenvalue weighted by molar-refractivity contribution is -0.137. The van der Waals surface area contributed by atoms with E-state index in [0.717, 1.165) is 19.5 Å². The molecule has 0 amide bonds. The molecule has 1 N–H and O–H groups in total. The highest BCUT2D eigenvalue weighted by Crippen LogP contribution is 2.12. The van der Waals surface area contributed by atoms with Crippen LogP contribution < -0.4 is 0 Å². The van der Waals surface area contributed by atoms with Gasteiger partial charge in [-0.2, -0.15) is 0 Å². The second-order valence-electron chi connectivity index (χ2n) is 9.66. The molecule has 0 bridgehead atoms. The maximum absolute atomic E-state index is 10.2. The number of unbranched alkanes of at least 4 members (excludes halogenated alkanes) is 17. The Balaban J connectivity index is 0.000000622. The van der Waals surface area contributed by atoms with Crippen molar-refractivity contribution < 1.29 is 9.90 Å². The van der Waals surface area contributed by atoms with Crippen molar-refractivity contribution in [2.24, 2.45) is 0 Å².